The van der Waals surface area contributed by atoms with Crippen LogP contribution in [0.4, 0.5) is 0 Å². The largest absolute Gasteiger partial charge is 0.497 e. The Kier molecular flexibility index (Phi) is 29.8. The van der Waals surface area contributed by atoms with E-state index in [0.717, 1.165) is 16.0 Å². The van der Waals surface area contributed by atoms with E-state index >= 15 is 0 Å². The van der Waals surface area contributed by atoms with Crippen molar-refractivity contribution in [2.24, 2.45) is 41.4 Å². The molecule has 4 aliphatic rings. The second kappa shape index (κ2) is 36.2. The van der Waals surface area contributed by atoms with Crippen molar-refractivity contribution in [3.8, 4) is 5.75 Å². The summed E-state index contributed by atoms with van der Waals surface area (Å²) in [6, 6.07) is 13.1. The first-order valence-corrected chi connectivity index (χ1v) is 35.1. The number of carbonyl (C=O) groups is 6. The maximum absolute atomic E-state index is 14.8. The van der Waals surface area contributed by atoms with E-state index in [0.29, 0.717) is 56.3 Å². The predicted octanol–water partition coefficient (Wildman–Crippen LogP) is 7.83. The zero-order valence-corrected chi connectivity index (χ0v) is 58.2. The van der Waals surface area contributed by atoms with Crippen LogP contribution in [-0.4, -0.2) is 188 Å². The maximum Gasteiger partial charge on any atom is 0.329 e. The number of esters is 1. The summed E-state index contributed by atoms with van der Waals surface area (Å²) in [5.74, 6) is -9.88. The van der Waals surface area contributed by atoms with Crippen LogP contribution >= 0.6 is 0 Å². The van der Waals surface area contributed by atoms with Crippen LogP contribution in [0, 0.1) is 41.4 Å². The third-order valence-corrected chi connectivity index (χ3v) is 21.2. The van der Waals surface area contributed by atoms with Gasteiger partial charge in [-0.25, -0.2) is 13.2 Å². The molecule has 2 saturated heterocycles. The first-order chi connectivity index (χ1) is 44.5. The van der Waals surface area contributed by atoms with Crippen molar-refractivity contribution >= 4 is 45.2 Å². The molecule has 0 aromatic heterocycles. The van der Waals surface area contributed by atoms with Gasteiger partial charge >= 0.3 is 5.97 Å². The lowest BCUT2D eigenvalue weighted by molar-refractivity contribution is -0.302. The Labute approximate surface area is 557 Å². The summed E-state index contributed by atoms with van der Waals surface area (Å²) >= 11 is 0. The van der Waals surface area contributed by atoms with Crippen LogP contribution in [0.25, 0.3) is 0 Å². The highest BCUT2D eigenvalue weighted by Gasteiger charge is 2.57. The van der Waals surface area contributed by atoms with E-state index in [1.807, 2.05) is 82.3 Å². The van der Waals surface area contributed by atoms with Crippen molar-refractivity contribution in [3.05, 3.63) is 95.6 Å². The molecule has 3 aliphatic heterocycles. The number of cyclic esters (lactones) is 1. The summed E-state index contributed by atoms with van der Waals surface area (Å²) in [7, 11) is 1.92. The minimum Gasteiger partial charge on any atom is -0.497 e. The van der Waals surface area contributed by atoms with Gasteiger partial charge in [-0.05, 0) is 144 Å². The Morgan fingerprint density at radius 1 is 0.840 bits per heavy atom. The summed E-state index contributed by atoms with van der Waals surface area (Å²) in [5.41, 5.74) is 2.23. The van der Waals surface area contributed by atoms with Crippen LogP contribution in [0.2, 0.25) is 0 Å². The third-order valence-electron chi connectivity index (χ3n) is 19.3. The average Bonchev–Trinajstić information content (AvgIpc) is 0.776. The molecule has 2 bridgehead atoms. The van der Waals surface area contributed by atoms with E-state index in [4.69, 9.17) is 28.4 Å². The number of nitrogens with zero attached hydrogens (tertiary/aromatic N) is 2. The number of amides is 2. The molecule has 5 N–H and O–H groups in total. The van der Waals surface area contributed by atoms with E-state index in [1.165, 1.54) is 44.9 Å². The molecule has 1 unspecified atom stereocenters. The molecular formula is C72H107N3O18S. The molecule has 22 heteroatoms. The standard InChI is InChI=1S/C72H107N3O18S/c1-44(2)42-74(94(86,87)56-29-27-55(88-9)28-30-56)43-62(80)57(39-51-21-15-13-16-22-51)73-69(82)48(6)37-54(76)24-18-14-17-23-53-34-45(3)33-46(4)35-64(90-11)67-65(91-12)38-49(7)72(85,93-67)68(81)70(83)75-32-20-19-25-58(75)71(84)92-66(50(8)60(78)41-61(53)79)47(5)36-52-26-31-59(77)63(40-52)89-10/h13-17,21-22,27-30,34,36,44,46,48-50,52-53,57-60,62-67,77-78,80,85H,18-20,23-26,31-33,35,37-43H2,1-12H3,(H,73,82)/b17-14+,45-34+,47-36+/t46-,48?,49+,50+,52-,53+,57-,58-,59+,60-,62+,63+,64-,65-,66+,67+,72+/m0/s1. The number of hydrogen-bond acceptors (Lipinski definition) is 18. The quantitative estimate of drug-likeness (QED) is 0.0380. The molecule has 524 valence electrons. The summed E-state index contributed by atoms with van der Waals surface area (Å²) in [4.78, 5) is 87.3. The van der Waals surface area contributed by atoms with Gasteiger partial charge in [0.05, 0.1) is 54.7 Å². The molecule has 3 fully saturated rings. The van der Waals surface area contributed by atoms with Crippen molar-refractivity contribution in [2.45, 2.75) is 223 Å². The Morgan fingerprint density at radius 3 is 2.16 bits per heavy atom. The Balaban J connectivity index is 1.21. The highest BCUT2D eigenvalue weighted by molar-refractivity contribution is 7.89. The molecule has 6 rings (SSSR count). The van der Waals surface area contributed by atoms with Crippen LogP contribution in [-0.2, 0) is 68.9 Å². The number of ketones is 3. The molecule has 2 aromatic carbocycles. The Hall–Kier alpha value is -5.53. The minimum atomic E-state index is -4.09. The van der Waals surface area contributed by atoms with Gasteiger partial charge in [0.25, 0.3) is 11.7 Å². The van der Waals surface area contributed by atoms with Crippen molar-refractivity contribution in [3.63, 3.8) is 0 Å². The first kappa shape index (κ1) is 77.5. The Morgan fingerprint density at radius 2 is 1.51 bits per heavy atom. The average molecular weight is 1330 g/mol. The molecule has 21 nitrogen and oxygen atoms in total. The van der Waals surface area contributed by atoms with Crippen LogP contribution in [0.1, 0.15) is 151 Å². The molecule has 94 heavy (non-hydrogen) atoms. The molecule has 2 aromatic rings. The van der Waals surface area contributed by atoms with E-state index in [2.05, 4.69) is 5.32 Å². The Bertz CT molecular complexity index is 3030. The molecule has 3 heterocycles. The first-order valence-electron chi connectivity index (χ1n) is 33.7. The van der Waals surface area contributed by atoms with Gasteiger partial charge in [-0.1, -0.05) is 102 Å². The van der Waals surface area contributed by atoms with E-state index in [-0.39, 0.29) is 105 Å². The van der Waals surface area contributed by atoms with Gasteiger partial charge in [-0.15, -0.1) is 0 Å². The van der Waals surface area contributed by atoms with Gasteiger partial charge < -0.3 is 59.1 Å². The van der Waals surface area contributed by atoms with Crippen LogP contribution < -0.4 is 10.1 Å². The number of nitrogens with one attached hydrogen (secondary N) is 1. The number of aliphatic hydroxyl groups is 4. The number of aliphatic hydroxyl groups excluding tert-OH is 3. The second-order valence-corrected chi connectivity index (χ2v) is 29.3. The SMILES string of the molecule is COc1ccc(S(=O)(=O)N(CC(C)C)C[C@@H](O)[C@H](Cc2ccccc2)NC(=O)C(C)CC(=O)CC/C=C/C[C@@H]2/C=C(\C)C[C@H](C)C[C@H](OC)[C@H]3O[C@@](O)(C(=O)C(=O)N4CCCC[C@H]4C(=O)O[C@H](/C(C)=C/[C@@H]4CC[C@@H](O)[C@H](OC)C4)[C@H](C)[C@@H](O)CC2=O)[C@H](C)C[C@@H]3OC)cc1. The fraction of sp³-hybridized carbons (Fsp3) is 0.667. The van der Waals surface area contributed by atoms with Crippen molar-refractivity contribution in [2.75, 3.05) is 48.1 Å². The van der Waals surface area contributed by atoms with E-state index in [9.17, 15) is 57.6 Å². The maximum atomic E-state index is 14.8. The number of rotatable bonds is 24. The van der Waals surface area contributed by atoms with Gasteiger partial charge in [0.1, 0.15) is 35.6 Å². The highest BCUT2D eigenvalue weighted by Crippen LogP contribution is 2.40. The van der Waals surface area contributed by atoms with Gasteiger partial charge in [0.15, 0.2) is 0 Å². The lowest BCUT2D eigenvalue weighted by Gasteiger charge is -2.47. The molecule has 0 radical (unpaired) electrons. The number of piperidine rings is 1. The molecule has 17 atom stereocenters. The van der Waals surface area contributed by atoms with Crippen molar-refractivity contribution in [1.82, 2.24) is 14.5 Å². The lowest BCUT2D eigenvalue weighted by Crippen LogP contribution is -2.64. The summed E-state index contributed by atoms with van der Waals surface area (Å²) in [6.45, 7) is 14.2. The van der Waals surface area contributed by atoms with Crippen LogP contribution in [0.3, 0.4) is 0 Å². The number of benzene rings is 2. The van der Waals surface area contributed by atoms with Gasteiger partial charge in [0, 0.05) is 83.9 Å². The van der Waals surface area contributed by atoms with Gasteiger partial charge in [-0.2, -0.15) is 4.31 Å². The number of carbonyl (C=O) groups excluding carboxylic acids is 6. The lowest BCUT2D eigenvalue weighted by atomic mass is 9.81. The van der Waals surface area contributed by atoms with E-state index in [1.54, 1.807) is 39.8 Å². The summed E-state index contributed by atoms with van der Waals surface area (Å²) in [5, 5.41) is 49.9. The number of fused-ring (bicyclic) bond motifs is 3. The smallest absolute Gasteiger partial charge is 0.329 e. The van der Waals surface area contributed by atoms with Crippen LogP contribution in [0.5, 0.6) is 5.75 Å². The summed E-state index contributed by atoms with van der Waals surface area (Å²) in [6.07, 6.45) is 4.21. The molecule has 1 saturated carbocycles. The topological polar surface area (TPSA) is 291 Å². The van der Waals surface area contributed by atoms with Crippen molar-refractivity contribution < 1.29 is 86.0 Å². The minimum absolute atomic E-state index is 0.0253. The molecule has 1 aliphatic carbocycles. The third kappa shape index (κ3) is 21.0. The molecular weight excluding hydrogens is 1230 g/mol. The molecule has 0 spiro atoms. The van der Waals surface area contributed by atoms with Gasteiger partial charge in [-0.3, -0.25) is 24.0 Å². The summed E-state index contributed by atoms with van der Waals surface area (Å²) < 4.78 is 64.8. The van der Waals surface area contributed by atoms with Crippen LogP contribution in [0.15, 0.2) is 94.9 Å². The number of methoxy groups -OCH3 is 4. The fourth-order valence-electron chi connectivity index (χ4n) is 13.8. The van der Waals surface area contributed by atoms with E-state index < -0.39 is 124 Å². The number of ether oxygens (including phenoxy) is 6. The highest BCUT2D eigenvalue weighted by atomic mass is 32.2. The predicted molar refractivity (Wildman–Crippen MR) is 354 cm³/mol. The monoisotopic (exact) mass is 1330 g/mol. The molecule has 2 amide bonds. The van der Waals surface area contributed by atoms with Crippen molar-refractivity contribution in [1.29, 1.82) is 0 Å². The zero-order valence-electron chi connectivity index (χ0n) is 57.4. The number of Topliss-reactive ketones (excluding diaryl/α,β-unsaturated/α-hetero) is 3. The number of sulfonamides is 1. The normalized spacial score (nSPS) is 30.8. The number of allylic oxidation sites excluding steroid dienone is 5. The second-order valence-electron chi connectivity index (χ2n) is 27.4. The fourth-order valence-corrected chi connectivity index (χ4v) is 15.4. The van der Waals surface area contributed by atoms with Gasteiger partial charge in [0.2, 0.25) is 21.7 Å². The number of hydrogen-bond donors (Lipinski definition) is 5. The zero-order chi connectivity index (χ0) is 69.2.